The van der Waals surface area contributed by atoms with E-state index in [4.69, 9.17) is 0 Å². The summed E-state index contributed by atoms with van der Waals surface area (Å²) in [6.07, 6.45) is 9.24. The molecule has 6 rings (SSSR count). The van der Waals surface area contributed by atoms with E-state index >= 15 is 0 Å². The molecule has 4 atom stereocenters. The maximum atomic E-state index is 2.94. The predicted octanol–water partition coefficient (Wildman–Crippen LogP) is 3.84. The van der Waals surface area contributed by atoms with Crippen LogP contribution in [0.2, 0.25) is 0 Å². The van der Waals surface area contributed by atoms with E-state index in [-0.39, 0.29) is 0 Å². The van der Waals surface area contributed by atoms with E-state index < -0.39 is 0 Å². The maximum Gasteiger partial charge on any atom is 0.0702 e. The molecular formula is C18H21N. The molecule has 1 aromatic carbocycles. The number of benzene rings is 1. The lowest BCUT2D eigenvalue weighted by Crippen LogP contribution is -2.37. The molecule has 4 saturated carbocycles. The highest BCUT2D eigenvalue weighted by molar-refractivity contribution is 5.72. The Bertz CT molecular complexity index is 510. The second kappa shape index (κ2) is 2.73. The monoisotopic (exact) mass is 251 g/mol. The molecule has 4 unspecified atom stereocenters. The van der Waals surface area contributed by atoms with Crippen molar-refractivity contribution in [2.75, 3.05) is 4.90 Å². The quantitative estimate of drug-likeness (QED) is 0.685. The first kappa shape index (κ1) is 9.85. The number of fused-ring (bicyclic) bond motifs is 4. The summed E-state index contributed by atoms with van der Waals surface area (Å²) in [5.74, 6) is 4.14. The molecule has 1 aromatic rings. The van der Waals surface area contributed by atoms with Crippen LogP contribution >= 0.6 is 0 Å². The Balaban J connectivity index is 1.59. The third-order valence-corrected chi connectivity index (χ3v) is 7.70. The lowest BCUT2D eigenvalue weighted by molar-refractivity contribution is 0.265. The summed E-state index contributed by atoms with van der Waals surface area (Å²) in [7, 11) is 0. The average Bonchev–Trinajstić information content (AvgIpc) is 2.98. The minimum atomic E-state index is 0.639. The molecule has 1 heteroatoms. The number of piperidine rings is 2. The van der Waals surface area contributed by atoms with Crippen molar-refractivity contribution in [1.29, 1.82) is 0 Å². The molecule has 1 heterocycles. The number of para-hydroxylation sites is 1. The fourth-order valence-corrected chi connectivity index (χ4v) is 7.70. The zero-order chi connectivity index (χ0) is 12.2. The lowest BCUT2D eigenvalue weighted by atomic mass is 9.71. The van der Waals surface area contributed by atoms with E-state index in [0.717, 1.165) is 23.7 Å². The standard InChI is InChI=1S/C18H21N/c1-2-4-16(5-3-1)19-17-12-6-7-13(10-12)18(17,19)15-9-8-14(17)11-15/h1-5,12-15H,6-11H2. The number of hydrogen-bond acceptors (Lipinski definition) is 1. The molecular weight excluding hydrogens is 230 g/mol. The summed E-state index contributed by atoms with van der Waals surface area (Å²) in [4.78, 5) is 2.94. The van der Waals surface area contributed by atoms with E-state index in [1.165, 1.54) is 31.4 Å². The molecule has 1 aliphatic heterocycles. The van der Waals surface area contributed by atoms with Crippen molar-refractivity contribution in [2.45, 2.75) is 49.6 Å². The Morgan fingerprint density at radius 1 is 0.737 bits per heavy atom. The average molecular weight is 251 g/mol. The van der Waals surface area contributed by atoms with Gasteiger partial charge in [-0.15, -0.1) is 0 Å². The Morgan fingerprint density at radius 2 is 1.21 bits per heavy atom. The summed E-state index contributed by atoms with van der Waals surface area (Å²) in [5, 5.41) is 0. The van der Waals surface area contributed by atoms with Crippen LogP contribution in [0.4, 0.5) is 5.69 Å². The van der Waals surface area contributed by atoms with Crippen molar-refractivity contribution in [1.82, 2.24) is 0 Å². The van der Waals surface area contributed by atoms with Crippen LogP contribution in [-0.4, -0.2) is 11.1 Å². The highest BCUT2D eigenvalue weighted by Crippen LogP contribution is 2.85. The van der Waals surface area contributed by atoms with Crippen molar-refractivity contribution in [3.8, 4) is 0 Å². The minimum absolute atomic E-state index is 0.639. The van der Waals surface area contributed by atoms with Crippen LogP contribution in [0.25, 0.3) is 0 Å². The molecule has 19 heavy (non-hydrogen) atoms. The van der Waals surface area contributed by atoms with Gasteiger partial charge in [-0.2, -0.15) is 0 Å². The Labute approximate surface area is 115 Å². The van der Waals surface area contributed by atoms with E-state index in [1.807, 2.05) is 0 Å². The maximum absolute atomic E-state index is 2.94. The summed E-state index contributed by atoms with van der Waals surface area (Å²) in [6, 6.07) is 11.4. The van der Waals surface area contributed by atoms with Gasteiger partial charge in [-0.05, 0) is 74.3 Å². The molecule has 0 amide bonds. The van der Waals surface area contributed by atoms with Gasteiger partial charge in [0.15, 0.2) is 0 Å². The van der Waals surface area contributed by atoms with Gasteiger partial charge in [-0.3, -0.25) is 0 Å². The molecule has 5 fully saturated rings. The SMILES string of the molecule is c1ccc(N2C34C5CCC(C5)C23C2CCC4C2)cc1. The van der Waals surface area contributed by atoms with Crippen molar-refractivity contribution in [3.05, 3.63) is 30.3 Å². The number of hydrogen-bond donors (Lipinski definition) is 0. The fraction of sp³-hybridized carbons (Fsp3) is 0.667. The van der Waals surface area contributed by atoms with Crippen LogP contribution in [0.3, 0.4) is 0 Å². The Morgan fingerprint density at radius 3 is 1.68 bits per heavy atom. The topological polar surface area (TPSA) is 3.01 Å². The van der Waals surface area contributed by atoms with Crippen LogP contribution < -0.4 is 4.90 Å². The van der Waals surface area contributed by atoms with Gasteiger partial charge >= 0.3 is 0 Å². The van der Waals surface area contributed by atoms with Crippen LogP contribution in [0.1, 0.15) is 38.5 Å². The Hall–Kier alpha value is -0.980. The van der Waals surface area contributed by atoms with Crippen LogP contribution in [0.5, 0.6) is 0 Å². The van der Waals surface area contributed by atoms with Gasteiger partial charge in [0.1, 0.15) is 0 Å². The van der Waals surface area contributed by atoms with Crippen molar-refractivity contribution in [3.63, 3.8) is 0 Å². The smallest absolute Gasteiger partial charge is 0.0702 e. The zero-order valence-corrected chi connectivity index (χ0v) is 11.4. The van der Waals surface area contributed by atoms with Gasteiger partial charge in [0.25, 0.3) is 0 Å². The van der Waals surface area contributed by atoms with E-state index in [0.29, 0.717) is 11.1 Å². The normalized spacial score (nSPS) is 55.5. The zero-order valence-electron chi connectivity index (χ0n) is 11.4. The molecule has 98 valence electrons. The molecule has 0 N–H and O–H groups in total. The van der Waals surface area contributed by atoms with Crippen LogP contribution in [0.15, 0.2) is 30.3 Å². The van der Waals surface area contributed by atoms with E-state index in [9.17, 15) is 0 Å². The second-order valence-corrected chi connectivity index (χ2v) is 7.74. The number of nitrogens with zero attached hydrogens (tertiary/aromatic N) is 1. The largest absolute Gasteiger partial charge is 0.354 e. The van der Waals surface area contributed by atoms with Gasteiger partial charge < -0.3 is 4.90 Å². The van der Waals surface area contributed by atoms with Gasteiger partial charge in [0.2, 0.25) is 0 Å². The van der Waals surface area contributed by atoms with Gasteiger partial charge in [0, 0.05) is 5.69 Å². The molecule has 4 bridgehead atoms. The Kier molecular flexibility index (Phi) is 1.41. The van der Waals surface area contributed by atoms with E-state index in [1.54, 1.807) is 12.8 Å². The second-order valence-electron chi connectivity index (χ2n) is 7.74. The van der Waals surface area contributed by atoms with Gasteiger partial charge in [0.05, 0.1) is 11.1 Å². The number of anilines is 1. The summed E-state index contributed by atoms with van der Waals surface area (Å²) >= 11 is 0. The third kappa shape index (κ3) is 0.740. The van der Waals surface area contributed by atoms with Crippen molar-refractivity contribution < 1.29 is 0 Å². The summed E-state index contributed by atoms with van der Waals surface area (Å²) < 4.78 is 0. The minimum Gasteiger partial charge on any atom is -0.354 e. The molecule has 0 radical (unpaired) electrons. The molecule has 0 aromatic heterocycles. The molecule has 1 nitrogen and oxygen atoms in total. The van der Waals surface area contributed by atoms with Crippen molar-refractivity contribution >= 4 is 5.69 Å². The molecule has 0 spiro atoms. The first-order valence-corrected chi connectivity index (χ1v) is 8.25. The first-order valence-electron chi connectivity index (χ1n) is 8.25. The molecule has 5 aliphatic rings. The van der Waals surface area contributed by atoms with Crippen molar-refractivity contribution in [2.24, 2.45) is 23.7 Å². The van der Waals surface area contributed by atoms with Gasteiger partial charge in [-0.1, -0.05) is 18.2 Å². The highest BCUT2D eigenvalue weighted by atomic mass is 15.5. The predicted molar refractivity (Wildman–Crippen MR) is 76.0 cm³/mol. The summed E-state index contributed by atoms with van der Waals surface area (Å²) in [6.45, 7) is 0. The van der Waals surface area contributed by atoms with E-state index in [2.05, 4.69) is 35.2 Å². The van der Waals surface area contributed by atoms with Gasteiger partial charge in [-0.25, -0.2) is 0 Å². The lowest BCUT2D eigenvalue weighted by Gasteiger charge is -2.29. The summed E-state index contributed by atoms with van der Waals surface area (Å²) in [5.41, 5.74) is 2.82. The van der Waals surface area contributed by atoms with Crippen LogP contribution in [0, 0.1) is 23.7 Å². The molecule has 1 saturated heterocycles. The highest BCUT2D eigenvalue weighted by Gasteiger charge is 2.93. The number of rotatable bonds is 1. The first-order chi connectivity index (χ1) is 9.40. The molecule has 4 aliphatic carbocycles. The third-order valence-electron chi connectivity index (χ3n) is 7.70. The van der Waals surface area contributed by atoms with Crippen LogP contribution in [-0.2, 0) is 0 Å². The fourth-order valence-electron chi connectivity index (χ4n) is 7.70.